The van der Waals surface area contributed by atoms with Crippen molar-refractivity contribution >= 4 is 5.69 Å². The van der Waals surface area contributed by atoms with Crippen LogP contribution < -0.4 is 16.0 Å². The number of hydrazine groups is 1. The molecule has 3 N–H and O–H groups in total. The fourth-order valence-electron chi connectivity index (χ4n) is 2.71. The van der Waals surface area contributed by atoms with Crippen LogP contribution >= 0.6 is 0 Å². The number of nitrogens with zero attached hydrogens (tertiary/aromatic N) is 2. The lowest BCUT2D eigenvalue weighted by Crippen LogP contribution is -2.55. The summed E-state index contributed by atoms with van der Waals surface area (Å²) in [7, 11) is 0. The molecule has 0 spiro atoms. The molecule has 6 nitrogen and oxygen atoms in total. The van der Waals surface area contributed by atoms with E-state index in [1.807, 2.05) is 0 Å². The number of nitrogens with one attached hydrogen (secondary N) is 2. The first-order valence-electron chi connectivity index (χ1n) is 7.17. The molecule has 0 atom stereocenters. The molecule has 0 radical (unpaired) electrons. The van der Waals surface area contributed by atoms with Crippen LogP contribution in [0.15, 0.2) is 35.6 Å². The molecule has 2 rings (SSSR count). The van der Waals surface area contributed by atoms with Crippen LogP contribution in [0.4, 0.5) is 5.69 Å². The minimum atomic E-state index is 0.363. The van der Waals surface area contributed by atoms with Crippen molar-refractivity contribution in [2.45, 2.75) is 58.0 Å². The lowest BCUT2D eigenvalue weighted by molar-refractivity contribution is 0.155. The van der Waals surface area contributed by atoms with E-state index in [1.165, 1.54) is 19.3 Å². The van der Waals surface area contributed by atoms with Gasteiger partial charge in [-0.15, -0.1) is 10.0 Å². The standard InChI is InChI=1S/C9H19N.C6H7N3O2/c1-8(2)6-5-7-9(3,4)10-8;10-7-9(8-11)6-4-2-1-3-5-6/h10H,5-7H2,1-4H3;1-5,7,10H. The van der Waals surface area contributed by atoms with Crippen molar-refractivity contribution in [1.29, 1.82) is 0 Å². The Balaban J connectivity index is 0.000000211. The van der Waals surface area contributed by atoms with Crippen LogP contribution in [0.1, 0.15) is 47.0 Å². The van der Waals surface area contributed by atoms with Crippen molar-refractivity contribution in [3.05, 3.63) is 35.2 Å². The van der Waals surface area contributed by atoms with Crippen LogP contribution in [0.25, 0.3) is 0 Å². The van der Waals surface area contributed by atoms with E-state index in [4.69, 9.17) is 5.21 Å². The number of piperidine rings is 1. The maximum atomic E-state index is 9.99. The molecule has 1 aromatic carbocycles. The van der Waals surface area contributed by atoms with Crippen molar-refractivity contribution in [2.75, 3.05) is 5.12 Å². The van der Waals surface area contributed by atoms with Crippen molar-refractivity contribution in [2.24, 2.45) is 5.29 Å². The van der Waals surface area contributed by atoms with Gasteiger partial charge in [-0.05, 0) is 59.1 Å². The topological polar surface area (TPSA) is 77.0 Å². The van der Waals surface area contributed by atoms with Crippen LogP contribution in [0.5, 0.6) is 0 Å². The Morgan fingerprint density at radius 3 is 2.00 bits per heavy atom. The SMILES string of the molecule is CC1(C)CCCC(C)(C)N1.O=NN(NO)c1ccccc1. The van der Waals surface area contributed by atoms with Gasteiger partial charge >= 0.3 is 0 Å². The smallest absolute Gasteiger partial charge is 0.0835 e. The number of nitroso groups, excluding NO2 is 1. The molecule has 0 aliphatic carbocycles. The first-order chi connectivity index (χ1) is 9.79. The molecule has 1 heterocycles. The molecule has 1 fully saturated rings. The molecule has 1 aromatic rings. The third-order valence-electron chi connectivity index (χ3n) is 3.46. The van der Waals surface area contributed by atoms with E-state index < -0.39 is 0 Å². The lowest BCUT2D eigenvalue weighted by Gasteiger charge is -2.42. The van der Waals surface area contributed by atoms with Crippen LogP contribution in [-0.4, -0.2) is 16.3 Å². The van der Waals surface area contributed by atoms with E-state index in [0.717, 1.165) is 0 Å². The highest BCUT2D eigenvalue weighted by atomic mass is 16.5. The van der Waals surface area contributed by atoms with Crippen LogP contribution in [0.3, 0.4) is 0 Å². The molecular weight excluding hydrogens is 268 g/mol. The van der Waals surface area contributed by atoms with E-state index in [2.05, 4.69) is 38.3 Å². The first-order valence-corrected chi connectivity index (χ1v) is 7.17. The second-order valence-electron chi connectivity index (χ2n) is 6.58. The highest BCUT2D eigenvalue weighted by Crippen LogP contribution is 2.27. The number of para-hydroxylation sites is 1. The van der Waals surface area contributed by atoms with Gasteiger partial charge in [-0.3, -0.25) is 5.21 Å². The normalized spacial score (nSPS) is 19.1. The van der Waals surface area contributed by atoms with Crippen molar-refractivity contribution in [3.8, 4) is 0 Å². The fourth-order valence-corrected chi connectivity index (χ4v) is 2.71. The van der Waals surface area contributed by atoms with Crippen molar-refractivity contribution in [1.82, 2.24) is 10.9 Å². The predicted octanol–water partition coefficient (Wildman–Crippen LogP) is 3.39. The van der Waals surface area contributed by atoms with Gasteiger partial charge in [0.1, 0.15) is 0 Å². The average Bonchev–Trinajstić information content (AvgIpc) is 2.39. The van der Waals surface area contributed by atoms with Gasteiger partial charge < -0.3 is 5.32 Å². The Bertz CT molecular complexity index is 421. The second-order valence-corrected chi connectivity index (χ2v) is 6.58. The fraction of sp³-hybridized carbons (Fsp3) is 0.600. The van der Waals surface area contributed by atoms with Gasteiger partial charge in [0.15, 0.2) is 0 Å². The number of rotatable bonds is 3. The molecule has 1 aliphatic heterocycles. The van der Waals surface area contributed by atoms with Crippen molar-refractivity contribution < 1.29 is 5.21 Å². The molecule has 0 unspecified atom stereocenters. The molecule has 118 valence electrons. The van der Waals surface area contributed by atoms with Gasteiger partial charge in [0.2, 0.25) is 0 Å². The van der Waals surface area contributed by atoms with Gasteiger partial charge in [-0.2, -0.15) is 0 Å². The van der Waals surface area contributed by atoms with E-state index in [-0.39, 0.29) is 0 Å². The largest absolute Gasteiger partial charge is 0.307 e. The molecular formula is C15H26N4O2. The molecule has 1 saturated heterocycles. The number of benzene rings is 1. The third-order valence-corrected chi connectivity index (χ3v) is 3.46. The highest BCUT2D eigenvalue weighted by molar-refractivity contribution is 5.43. The zero-order valence-electron chi connectivity index (χ0n) is 13.3. The minimum absolute atomic E-state index is 0.363. The lowest BCUT2D eigenvalue weighted by atomic mass is 9.83. The molecule has 0 amide bonds. The molecule has 21 heavy (non-hydrogen) atoms. The maximum Gasteiger partial charge on any atom is 0.0835 e. The number of hydrogen-bond donors (Lipinski definition) is 3. The van der Waals surface area contributed by atoms with E-state index >= 15 is 0 Å². The van der Waals surface area contributed by atoms with Crippen LogP contribution in [-0.2, 0) is 0 Å². The molecule has 0 bridgehead atoms. The maximum absolute atomic E-state index is 9.99. The van der Waals surface area contributed by atoms with E-state index in [0.29, 0.717) is 21.9 Å². The highest BCUT2D eigenvalue weighted by Gasteiger charge is 2.31. The van der Waals surface area contributed by atoms with E-state index in [9.17, 15) is 4.91 Å². The monoisotopic (exact) mass is 294 g/mol. The molecule has 1 aliphatic rings. The number of anilines is 1. The Kier molecular flexibility index (Phi) is 6.26. The summed E-state index contributed by atoms with van der Waals surface area (Å²) < 4.78 is 0. The molecule has 0 saturated carbocycles. The second kappa shape index (κ2) is 7.49. The quantitative estimate of drug-likeness (QED) is 0.588. The van der Waals surface area contributed by atoms with Gasteiger partial charge in [0.25, 0.3) is 0 Å². The molecule has 6 heteroatoms. The predicted molar refractivity (Wildman–Crippen MR) is 84.8 cm³/mol. The first kappa shape index (κ1) is 17.6. The van der Waals surface area contributed by atoms with E-state index in [1.54, 1.807) is 35.9 Å². The Hall–Kier alpha value is -1.50. The zero-order valence-corrected chi connectivity index (χ0v) is 13.3. The zero-order chi connectivity index (χ0) is 15.9. The average molecular weight is 294 g/mol. The Morgan fingerprint density at radius 2 is 1.67 bits per heavy atom. The summed E-state index contributed by atoms with van der Waals surface area (Å²) in [5.41, 5.74) is 2.82. The Labute approximate surface area is 126 Å². The van der Waals surface area contributed by atoms with Crippen LogP contribution in [0, 0.1) is 4.91 Å². The summed E-state index contributed by atoms with van der Waals surface area (Å²) in [4.78, 5) is 9.99. The molecule has 0 aromatic heterocycles. The third kappa shape index (κ3) is 6.20. The summed E-state index contributed by atoms with van der Waals surface area (Å²) in [5.74, 6) is 0. The summed E-state index contributed by atoms with van der Waals surface area (Å²) in [6, 6.07) is 8.51. The minimum Gasteiger partial charge on any atom is -0.307 e. The van der Waals surface area contributed by atoms with Crippen LogP contribution in [0.2, 0.25) is 0 Å². The van der Waals surface area contributed by atoms with Crippen molar-refractivity contribution in [3.63, 3.8) is 0 Å². The number of hydrogen-bond acceptors (Lipinski definition) is 5. The summed E-state index contributed by atoms with van der Waals surface area (Å²) in [5, 5.41) is 15.2. The van der Waals surface area contributed by atoms with Gasteiger partial charge in [0.05, 0.1) is 11.0 Å². The van der Waals surface area contributed by atoms with Gasteiger partial charge in [-0.25, -0.2) is 0 Å². The van der Waals surface area contributed by atoms with Gasteiger partial charge in [-0.1, -0.05) is 23.8 Å². The van der Waals surface area contributed by atoms with Gasteiger partial charge in [0, 0.05) is 11.1 Å². The summed E-state index contributed by atoms with van der Waals surface area (Å²) in [6.45, 7) is 9.14. The summed E-state index contributed by atoms with van der Waals surface area (Å²) in [6.07, 6.45) is 4.00. The summed E-state index contributed by atoms with van der Waals surface area (Å²) >= 11 is 0. The Morgan fingerprint density at radius 1 is 1.14 bits per heavy atom.